The van der Waals surface area contributed by atoms with Crippen molar-refractivity contribution in [2.45, 2.75) is 26.2 Å². The van der Waals surface area contributed by atoms with Crippen LogP contribution in [0.4, 0.5) is 0 Å². The molecule has 0 heterocycles. The van der Waals surface area contributed by atoms with Crippen LogP contribution in [0.5, 0.6) is 0 Å². The molecule has 0 aromatic heterocycles. The van der Waals surface area contributed by atoms with Gasteiger partial charge in [-0.25, -0.2) is 0 Å². The molecule has 0 aliphatic heterocycles. The molecule has 1 aromatic rings. The average Bonchev–Trinajstić information content (AvgIpc) is 2.30. The molecule has 1 rings (SSSR count). The van der Waals surface area contributed by atoms with E-state index in [0.717, 1.165) is 5.56 Å². The predicted octanol–water partition coefficient (Wildman–Crippen LogP) is 2.14. The number of Topliss-reactive ketones (excluding diaryl/α,β-unsaturated/α-hetero) is 1. The molecule has 0 saturated heterocycles. The van der Waals surface area contributed by atoms with Crippen LogP contribution in [-0.2, 0) is 11.2 Å². The van der Waals surface area contributed by atoms with Crippen molar-refractivity contribution in [3.8, 4) is 12.3 Å². The van der Waals surface area contributed by atoms with E-state index in [-0.39, 0.29) is 5.78 Å². The Hall–Kier alpha value is -1.59. The Kier molecular flexibility index (Phi) is 5.45. The number of terminal acetylenes is 1. The van der Waals surface area contributed by atoms with Gasteiger partial charge in [0.1, 0.15) is 0 Å². The maximum Gasteiger partial charge on any atom is 0.150 e. The van der Waals surface area contributed by atoms with Gasteiger partial charge < -0.3 is 0 Å². The maximum atomic E-state index is 11.6. The molecule has 1 N–H and O–H groups in total. The summed E-state index contributed by atoms with van der Waals surface area (Å²) in [6, 6.07) is 8.22. The third-order valence-electron chi connectivity index (χ3n) is 2.60. The van der Waals surface area contributed by atoms with Gasteiger partial charge in [-0.1, -0.05) is 44.0 Å². The first kappa shape index (κ1) is 13.5. The van der Waals surface area contributed by atoms with Crippen molar-refractivity contribution in [1.29, 1.82) is 0 Å². The molecule has 17 heavy (non-hydrogen) atoms. The smallest absolute Gasteiger partial charge is 0.150 e. The highest BCUT2D eigenvalue weighted by Gasteiger charge is 2.04. The van der Waals surface area contributed by atoms with Gasteiger partial charge in [0.15, 0.2) is 5.78 Å². The molecule has 0 atom stereocenters. The SMILES string of the molecule is C#CCNCC(=O)Cc1ccc(C(C)C)cc1. The minimum Gasteiger partial charge on any atom is -0.299 e. The van der Waals surface area contributed by atoms with Crippen molar-refractivity contribution in [3.05, 3.63) is 35.4 Å². The van der Waals surface area contributed by atoms with E-state index in [4.69, 9.17) is 6.42 Å². The third-order valence-corrected chi connectivity index (χ3v) is 2.60. The lowest BCUT2D eigenvalue weighted by atomic mass is 10.00. The summed E-state index contributed by atoms with van der Waals surface area (Å²) in [4.78, 5) is 11.6. The number of hydrogen-bond acceptors (Lipinski definition) is 2. The molecule has 1 aromatic carbocycles. The Bertz CT molecular complexity index is 398. The molecule has 90 valence electrons. The largest absolute Gasteiger partial charge is 0.299 e. The second kappa shape index (κ2) is 6.88. The van der Waals surface area contributed by atoms with Crippen molar-refractivity contribution in [2.24, 2.45) is 0 Å². The Morgan fingerprint density at radius 1 is 1.35 bits per heavy atom. The van der Waals surface area contributed by atoms with Crippen LogP contribution >= 0.6 is 0 Å². The Balaban J connectivity index is 2.46. The van der Waals surface area contributed by atoms with Crippen LogP contribution in [0.25, 0.3) is 0 Å². The van der Waals surface area contributed by atoms with Gasteiger partial charge in [0, 0.05) is 6.42 Å². The van der Waals surface area contributed by atoms with Gasteiger partial charge in [-0.3, -0.25) is 10.1 Å². The van der Waals surface area contributed by atoms with Gasteiger partial charge in [-0.15, -0.1) is 6.42 Å². The minimum atomic E-state index is 0.164. The van der Waals surface area contributed by atoms with Crippen LogP contribution in [0.15, 0.2) is 24.3 Å². The van der Waals surface area contributed by atoms with E-state index >= 15 is 0 Å². The summed E-state index contributed by atoms with van der Waals surface area (Å²) in [5, 5.41) is 2.90. The highest BCUT2D eigenvalue weighted by atomic mass is 16.1. The number of carbonyl (C=O) groups is 1. The highest BCUT2D eigenvalue weighted by Crippen LogP contribution is 2.14. The van der Waals surface area contributed by atoms with Crippen molar-refractivity contribution < 1.29 is 4.79 Å². The van der Waals surface area contributed by atoms with Gasteiger partial charge >= 0.3 is 0 Å². The lowest BCUT2D eigenvalue weighted by Gasteiger charge is -2.06. The zero-order valence-electron chi connectivity index (χ0n) is 10.5. The molecule has 0 fully saturated rings. The Morgan fingerprint density at radius 3 is 2.53 bits per heavy atom. The first-order valence-corrected chi connectivity index (χ1v) is 5.88. The van der Waals surface area contributed by atoms with Crippen molar-refractivity contribution in [2.75, 3.05) is 13.1 Å². The minimum absolute atomic E-state index is 0.164. The summed E-state index contributed by atoms with van der Waals surface area (Å²) in [7, 11) is 0. The molecule has 0 aliphatic carbocycles. The van der Waals surface area contributed by atoms with E-state index in [1.54, 1.807) is 0 Å². The number of nitrogens with one attached hydrogen (secondary N) is 1. The molecule has 0 bridgehead atoms. The zero-order chi connectivity index (χ0) is 12.7. The normalized spacial score (nSPS) is 10.2. The second-order valence-electron chi connectivity index (χ2n) is 4.42. The fourth-order valence-electron chi connectivity index (χ4n) is 1.58. The number of hydrogen-bond donors (Lipinski definition) is 1. The van der Waals surface area contributed by atoms with E-state index in [9.17, 15) is 4.79 Å². The molecular formula is C15H19NO. The lowest BCUT2D eigenvalue weighted by Crippen LogP contribution is -2.24. The van der Waals surface area contributed by atoms with Crippen LogP contribution in [-0.4, -0.2) is 18.9 Å². The van der Waals surface area contributed by atoms with Gasteiger partial charge in [-0.05, 0) is 17.0 Å². The summed E-state index contributed by atoms with van der Waals surface area (Å²) in [6.45, 7) is 5.10. The third kappa shape index (κ3) is 4.84. The number of rotatable bonds is 6. The quantitative estimate of drug-likeness (QED) is 0.598. The average molecular weight is 229 g/mol. The molecule has 0 spiro atoms. The van der Waals surface area contributed by atoms with E-state index in [1.807, 2.05) is 12.1 Å². The van der Waals surface area contributed by atoms with E-state index in [2.05, 4.69) is 37.2 Å². The van der Waals surface area contributed by atoms with Gasteiger partial charge in [0.05, 0.1) is 13.1 Å². The fraction of sp³-hybridized carbons (Fsp3) is 0.400. The van der Waals surface area contributed by atoms with Crippen LogP contribution in [0, 0.1) is 12.3 Å². The van der Waals surface area contributed by atoms with E-state index < -0.39 is 0 Å². The van der Waals surface area contributed by atoms with Gasteiger partial charge in [0.2, 0.25) is 0 Å². The zero-order valence-corrected chi connectivity index (χ0v) is 10.5. The summed E-state index contributed by atoms with van der Waals surface area (Å²) in [5.74, 6) is 3.13. The molecular weight excluding hydrogens is 210 g/mol. The molecule has 2 nitrogen and oxygen atoms in total. The lowest BCUT2D eigenvalue weighted by molar-refractivity contribution is -0.117. The predicted molar refractivity (Wildman–Crippen MR) is 70.9 cm³/mol. The summed E-state index contributed by atoms with van der Waals surface area (Å²) in [5.41, 5.74) is 2.36. The number of carbonyl (C=O) groups excluding carboxylic acids is 1. The number of benzene rings is 1. The van der Waals surface area contributed by atoms with Crippen LogP contribution < -0.4 is 5.32 Å². The maximum absolute atomic E-state index is 11.6. The van der Waals surface area contributed by atoms with Gasteiger partial charge in [0.25, 0.3) is 0 Å². The summed E-state index contributed by atoms with van der Waals surface area (Å²) < 4.78 is 0. The summed E-state index contributed by atoms with van der Waals surface area (Å²) in [6.07, 6.45) is 5.56. The first-order valence-electron chi connectivity index (χ1n) is 5.88. The van der Waals surface area contributed by atoms with Crippen LogP contribution in [0.2, 0.25) is 0 Å². The molecule has 0 aliphatic rings. The van der Waals surface area contributed by atoms with Gasteiger partial charge in [-0.2, -0.15) is 0 Å². The molecule has 0 radical (unpaired) electrons. The topological polar surface area (TPSA) is 29.1 Å². The molecule has 0 saturated carbocycles. The van der Waals surface area contributed by atoms with Crippen LogP contribution in [0.1, 0.15) is 30.9 Å². The summed E-state index contributed by atoms with van der Waals surface area (Å²) >= 11 is 0. The highest BCUT2D eigenvalue weighted by molar-refractivity contribution is 5.82. The Labute approximate surface area is 103 Å². The van der Waals surface area contributed by atoms with E-state index in [1.165, 1.54) is 5.56 Å². The second-order valence-corrected chi connectivity index (χ2v) is 4.42. The molecule has 2 heteroatoms. The molecule has 0 amide bonds. The van der Waals surface area contributed by atoms with Crippen LogP contribution in [0.3, 0.4) is 0 Å². The molecule has 0 unspecified atom stereocenters. The standard InChI is InChI=1S/C15H19NO/c1-4-9-16-11-15(17)10-13-5-7-14(8-6-13)12(2)3/h1,5-8,12,16H,9-11H2,2-3H3. The van der Waals surface area contributed by atoms with Crippen molar-refractivity contribution in [3.63, 3.8) is 0 Å². The first-order chi connectivity index (χ1) is 8.13. The fourth-order valence-corrected chi connectivity index (χ4v) is 1.58. The number of ketones is 1. The monoisotopic (exact) mass is 229 g/mol. The van der Waals surface area contributed by atoms with E-state index in [0.29, 0.717) is 25.4 Å². The Morgan fingerprint density at radius 2 is 2.00 bits per heavy atom. The van der Waals surface area contributed by atoms with Crippen molar-refractivity contribution >= 4 is 5.78 Å². The van der Waals surface area contributed by atoms with Crippen molar-refractivity contribution in [1.82, 2.24) is 5.32 Å².